The Bertz CT molecular complexity index is 418. The molecule has 7 nitrogen and oxygen atoms in total. The van der Waals surface area contributed by atoms with Gasteiger partial charge in [0.25, 0.3) is 5.97 Å². The fourth-order valence-corrected chi connectivity index (χ4v) is 0.830. The maximum atomic E-state index is 9.00. The highest BCUT2D eigenvalue weighted by Crippen LogP contribution is 2.09. The minimum Gasteiger partial charge on any atom is -0.481 e. The second-order valence-electron chi connectivity index (χ2n) is 2.70. The summed E-state index contributed by atoms with van der Waals surface area (Å²) in [4.78, 5) is 12.8. The molecule has 0 aliphatic rings. The number of nitrogens with two attached hydrogens (primary N) is 1. The fourth-order valence-electron chi connectivity index (χ4n) is 0.662. The molecule has 0 amide bonds. The number of carbonyl (C=O) groups is 1. The zero-order chi connectivity index (χ0) is 13.3. The Morgan fingerprint density at radius 3 is 2.82 bits per heavy atom. The number of nitrogens with zero attached hydrogens (tertiary/aromatic N) is 2. The van der Waals surface area contributed by atoms with Gasteiger partial charge in [-0.05, 0) is 6.07 Å². The summed E-state index contributed by atoms with van der Waals surface area (Å²) in [6, 6.07) is 1.70. The van der Waals surface area contributed by atoms with Gasteiger partial charge in [0.15, 0.2) is 0 Å². The number of hydrazone groups is 1. The first-order valence-electron chi connectivity index (χ1n) is 4.35. The quantitative estimate of drug-likeness (QED) is 0.352. The molecular formula is C9H12ClN5O2. The van der Waals surface area contributed by atoms with Gasteiger partial charge in [0.1, 0.15) is 0 Å². The van der Waals surface area contributed by atoms with E-state index in [0.29, 0.717) is 10.6 Å². The average Bonchev–Trinajstić information content (AvgIpc) is 2.19. The summed E-state index contributed by atoms with van der Waals surface area (Å²) in [5.41, 5.74) is 7.99. The van der Waals surface area contributed by atoms with Gasteiger partial charge < -0.3 is 10.8 Å². The molecule has 1 heterocycles. The van der Waals surface area contributed by atoms with Crippen LogP contribution in [0.15, 0.2) is 23.6 Å². The summed E-state index contributed by atoms with van der Waals surface area (Å²) in [5, 5.41) is 18.4. The van der Waals surface area contributed by atoms with E-state index in [1.165, 1.54) is 12.4 Å². The Morgan fingerprint density at radius 2 is 2.35 bits per heavy atom. The number of aromatic nitrogens is 1. The topological polar surface area (TPSA) is 124 Å². The Morgan fingerprint density at radius 1 is 1.76 bits per heavy atom. The summed E-state index contributed by atoms with van der Waals surface area (Å²) >= 11 is 5.77. The van der Waals surface area contributed by atoms with Crippen molar-refractivity contribution in [3.05, 3.63) is 29.0 Å². The van der Waals surface area contributed by atoms with Crippen molar-refractivity contribution in [2.45, 2.75) is 6.92 Å². The van der Waals surface area contributed by atoms with Crippen LogP contribution in [0.5, 0.6) is 0 Å². The summed E-state index contributed by atoms with van der Waals surface area (Å²) in [5.74, 6) is -1.05. The molecular weight excluding hydrogens is 246 g/mol. The van der Waals surface area contributed by atoms with E-state index < -0.39 is 5.97 Å². The molecule has 0 radical (unpaired) electrons. The monoisotopic (exact) mass is 257 g/mol. The minimum absolute atomic E-state index is 0.221. The first kappa shape index (κ1) is 14.8. The molecule has 0 unspecified atom stereocenters. The van der Waals surface area contributed by atoms with Crippen molar-refractivity contribution in [1.82, 2.24) is 10.4 Å². The SMILES string of the molecule is CC(=O)O.N=C(N)N/N=C/c1ccncc1Cl. The molecule has 0 bridgehead atoms. The van der Waals surface area contributed by atoms with Gasteiger partial charge in [-0.15, -0.1) is 0 Å². The zero-order valence-corrected chi connectivity index (χ0v) is 9.77. The van der Waals surface area contributed by atoms with Crippen LogP contribution in [0.3, 0.4) is 0 Å². The highest BCUT2D eigenvalue weighted by atomic mass is 35.5. The van der Waals surface area contributed by atoms with E-state index in [4.69, 9.17) is 32.6 Å². The van der Waals surface area contributed by atoms with Crippen molar-refractivity contribution < 1.29 is 9.90 Å². The highest BCUT2D eigenvalue weighted by Gasteiger charge is 1.94. The third-order valence-electron chi connectivity index (χ3n) is 1.19. The first-order valence-corrected chi connectivity index (χ1v) is 4.73. The van der Waals surface area contributed by atoms with Crippen molar-refractivity contribution in [1.29, 1.82) is 5.41 Å². The second kappa shape index (κ2) is 8.05. The second-order valence-corrected chi connectivity index (χ2v) is 3.11. The molecule has 0 aromatic carbocycles. The fraction of sp³-hybridized carbons (Fsp3) is 0.111. The van der Waals surface area contributed by atoms with Crippen molar-refractivity contribution in [3.8, 4) is 0 Å². The van der Waals surface area contributed by atoms with E-state index in [2.05, 4.69) is 15.5 Å². The van der Waals surface area contributed by atoms with Crippen molar-refractivity contribution in [2.24, 2.45) is 10.8 Å². The molecule has 0 spiro atoms. The molecule has 0 fully saturated rings. The molecule has 1 aromatic rings. The predicted octanol–water partition coefficient (Wildman–Crippen LogP) is 0.643. The Hall–Kier alpha value is -2.15. The third kappa shape index (κ3) is 8.82. The number of rotatable bonds is 2. The summed E-state index contributed by atoms with van der Waals surface area (Å²) in [6.07, 6.45) is 4.57. The molecule has 8 heteroatoms. The number of hydrogen-bond acceptors (Lipinski definition) is 4. The molecule has 1 aromatic heterocycles. The number of guanidine groups is 1. The molecule has 5 N–H and O–H groups in total. The Kier molecular flexibility index (Phi) is 7.04. The van der Waals surface area contributed by atoms with Crippen LogP contribution < -0.4 is 11.2 Å². The number of carboxylic acids is 1. The standard InChI is InChI=1S/C7H8ClN5.C2H4O2/c8-6-4-11-2-1-5(6)3-12-13-7(9)10;1-2(3)4/h1-4H,(H4,9,10,13);1H3,(H,3,4)/b12-3+;. The molecule has 0 atom stereocenters. The zero-order valence-electron chi connectivity index (χ0n) is 9.01. The molecule has 17 heavy (non-hydrogen) atoms. The van der Waals surface area contributed by atoms with Gasteiger partial charge in [-0.2, -0.15) is 5.10 Å². The number of pyridine rings is 1. The van der Waals surface area contributed by atoms with E-state index in [1.54, 1.807) is 12.3 Å². The van der Waals surface area contributed by atoms with Crippen LogP contribution in [0.2, 0.25) is 5.02 Å². The smallest absolute Gasteiger partial charge is 0.300 e. The van der Waals surface area contributed by atoms with Crippen LogP contribution in [0.1, 0.15) is 12.5 Å². The maximum absolute atomic E-state index is 9.00. The molecule has 1 rings (SSSR count). The van der Waals surface area contributed by atoms with Crippen LogP contribution >= 0.6 is 11.6 Å². The third-order valence-corrected chi connectivity index (χ3v) is 1.51. The predicted molar refractivity (Wildman–Crippen MR) is 65.2 cm³/mol. The Balaban J connectivity index is 0.000000557. The number of nitrogens with one attached hydrogen (secondary N) is 2. The van der Waals surface area contributed by atoms with Crippen LogP contribution in [0.4, 0.5) is 0 Å². The lowest BCUT2D eigenvalue weighted by Gasteiger charge is -1.96. The van der Waals surface area contributed by atoms with Crippen LogP contribution in [0, 0.1) is 5.41 Å². The number of aliphatic carboxylic acids is 1. The van der Waals surface area contributed by atoms with Gasteiger partial charge in [-0.3, -0.25) is 15.2 Å². The summed E-state index contributed by atoms with van der Waals surface area (Å²) < 4.78 is 0. The van der Waals surface area contributed by atoms with Crippen molar-refractivity contribution in [3.63, 3.8) is 0 Å². The number of carboxylic acid groups (broad SMARTS) is 1. The van der Waals surface area contributed by atoms with Crippen LogP contribution in [-0.2, 0) is 4.79 Å². The highest BCUT2D eigenvalue weighted by molar-refractivity contribution is 6.32. The molecule has 0 saturated carbocycles. The van der Waals surface area contributed by atoms with E-state index >= 15 is 0 Å². The molecule has 0 aliphatic carbocycles. The maximum Gasteiger partial charge on any atom is 0.300 e. The lowest BCUT2D eigenvalue weighted by Crippen LogP contribution is -2.25. The Labute approximate surface area is 103 Å². The van der Waals surface area contributed by atoms with Crippen molar-refractivity contribution >= 4 is 29.7 Å². The lowest BCUT2D eigenvalue weighted by molar-refractivity contribution is -0.134. The van der Waals surface area contributed by atoms with Gasteiger partial charge >= 0.3 is 0 Å². The lowest BCUT2D eigenvalue weighted by atomic mass is 10.3. The van der Waals surface area contributed by atoms with Crippen LogP contribution in [0.25, 0.3) is 0 Å². The number of hydrogen-bond donors (Lipinski definition) is 4. The van der Waals surface area contributed by atoms with Gasteiger partial charge in [-0.1, -0.05) is 11.6 Å². The van der Waals surface area contributed by atoms with E-state index in [1.807, 2.05) is 0 Å². The average molecular weight is 258 g/mol. The summed E-state index contributed by atoms with van der Waals surface area (Å²) in [6.45, 7) is 1.08. The number of halogens is 1. The summed E-state index contributed by atoms with van der Waals surface area (Å²) in [7, 11) is 0. The molecule has 0 saturated heterocycles. The molecule has 0 aliphatic heterocycles. The van der Waals surface area contributed by atoms with Crippen LogP contribution in [-0.4, -0.2) is 28.2 Å². The largest absolute Gasteiger partial charge is 0.481 e. The normalized spacial score (nSPS) is 9.29. The minimum atomic E-state index is -0.833. The van der Waals surface area contributed by atoms with E-state index in [0.717, 1.165) is 6.92 Å². The van der Waals surface area contributed by atoms with E-state index in [-0.39, 0.29) is 5.96 Å². The van der Waals surface area contributed by atoms with Gasteiger partial charge in [0.05, 0.1) is 11.2 Å². The van der Waals surface area contributed by atoms with Crippen molar-refractivity contribution in [2.75, 3.05) is 0 Å². The van der Waals surface area contributed by atoms with Gasteiger partial charge in [-0.25, -0.2) is 5.43 Å². The van der Waals surface area contributed by atoms with Gasteiger partial charge in [0, 0.05) is 24.9 Å². The van der Waals surface area contributed by atoms with Gasteiger partial charge in [0.2, 0.25) is 5.96 Å². The first-order chi connectivity index (χ1) is 7.93. The van der Waals surface area contributed by atoms with E-state index in [9.17, 15) is 0 Å². The molecule has 92 valence electrons.